The minimum Gasteiger partial charge on any atom is -0.408 e. The molecule has 2 heterocycles. The van der Waals surface area contributed by atoms with Gasteiger partial charge in [0.05, 0.1) is 0 Å². The Morgan fingerprint density at radius 3 is 2.76 bits per heavy atom. The van der Waals surface area contributed by atoms with Gasteiger partial charge in [-0.15, -0.1) is 18.9 Å². The van der Waals surface area contributed by atoms with Gasteiger partial charge >= 0.3 is 0 Å². The van der Waals surface area contributed by atoms with Crippen LogP contribution in [0.4, 0.5) is 5.69 Å². The fourth-order valence-electron chi connectivity index (χ4n) is 3.40. The average Bonchev–Trinajstić information content (AvgIpc) is 2.88. The minimum absolute atomic E-state index is 0. The third-order valence-electron chi connectivity index (χ3n) is 4.15. The number of nitrogens with zero attached hydrogens (tertiary/aromatic N) is 1. The van der Waals surface area contributed by atoms with Crippen LogP contribution in [0.3, 0.4) is 0 Å². The molecule has 1 aliphatic carbocycles. The molecule has 0 amide bonds. The van der Waals surface area contributed by atoms with Crippen LogP contribution in [0.25, 0.3) is 0 Å². The fraction of sp³-hybridized carbons (Fsp3) is 0.312. The summed E-state index contributed by atoms with van der Waals surface area (Å²) >= 11 is 0. The average molecular weight is 614 g/mol. The molecule has 1 aromatic rings. The topological polar surface area (TPSA) is 20.3 Å². The van der Waals surface area contributed by atoms with Crippen molar-refractivity contribution in [1.29, 1.82) is 0 Å². The van der Waals surface area contributed by atoms with Crippen molar-refractivity contribution in [2.45, 2.75) is 19.4 Å². The van der Waals surface area contributed by atoms with Crippen LogP contribution in [0.1, 0.15) is 12.5 Å². The molecule has 0 spiro atoms. The smallest absolute Gasteiger partial charge is 0.0395 e. The van der Waals surface area contributed by atoms with Gasteiger partial charge in [0, 0.05) is 88.1 Å². The van der Waals surface area contributed by atoms with Gasteiger partial charge < -0.3 is 34.5 Å². The van der Waals surface area contributed by atoms with Gasteiger partial charge in [-0.05, 0) is 23.8 Å². The van der Waals surface area contributed by atoms with E-state index in [0.717, 1.165) is 12.1 Å². The summed E-state index contributed by atoms with van der Waals surface area (Å²) in [5, 5.41) is 0. The maximum absolute atomic E-state index is 12.1. The van der Waals surface area contributed by atoms with E-state index in [1.807, 2.05) is 0 Å². The molecule has 1 saturated carbocycles. The summed E-state index contributed by atoms with van der Waals surface area (Å²) in [6.07, 6.45) is 8.34. The first-order valence-electron chi connectivity index (χ1n) is 6.48. The molecule has 0 N–H and O–H groups in total. The first-order chi connectivity index (χ1) is 8.74. The molecule has 2 radical (unpaired) electrons. The molecular formula is C16H14NOUVY-3. The van der Waals surface area contributed by atoms with E-state index in [2.05, 4.69) is 55.0 Å². The van der Waals surface area contributed by atoms with E-state index >= 15 is 0 Å². The number of para-hydroxylation sites is 1. The zero-order valence-electron chi connectivity index (χ0n) is 11.8. The number of hydrogen-bond donors (Lipinski definition) is 0. The van der Waals surface area contributed by atoms with E-state index in [1.165, 1.54) is 11.3 Å². The Morgan fingerprint density at radius 1 is 1.29 bits per heavy atom. The first kappa shape index (κ1) is 20.2. The summed E-state index contributed by atoms with van der Waals surface area (Å²) in [5.41, 5.74) is 3.60. The summed E-state index contributed by atoms with van der Waals surface area (Å²) in [4.78, 5) is 14.4. The number of ketones is 1. The third-order valence-corrected chi connectivity index (χ3v) is 4.15. The van der Waals surface area contributed by atoms with Crippen LogP contribution in [-0.4, -0.2) is 11.8 Å². The number of fused-ring (bicyclic) bond motifs is 5. The molecule has 1 aromatic carbocycles. The Labute approximate surface area is 187 Å². The van der Waals surface area contributed by atoms with Crippen LogP contribution in [0.15, 0.2) is 30.0 Å². The normalized spacial score (nSPS) is 28.2. The van der Waals surface area contributed by atoms with Gasteiger partial charge in [0.15, 0.2) is 0 Å². The van der Waals surface area contributed by atoms with Gasteiger partial charge in [-0.25, -0.2) is 0 Å². The van der Waals surface area contributed by atoms with Crippen LogP contribution in [-0.2, 0) is 62.5 Å². The number of hydrogen-bond acceptors (Lipinski definition) is 2. The molecule has 1 fully saturated rings. The maximum atomic E-state index is 12.1. The number of allylic oxidation sites excluding steroid dienone is 2. The summed E-state index contributed by atoms with van der Waals surface area (Å²) in [6, 6.07) is 8.62. The molecule has 3 aliphatic rings. The fourth-order valence-corrected chi connectivity index (χ4v) is 3.40. The first-order valence-corrected chi connectivity index (χ1v) is 6.48. The molecule has 3 atom stereocenters. The van der Waals surface area contributed by atoms with Gasteiger partial charge in [-0.1, -0.05) is 18.2 Å². The third kappa shape index (κ3) is 3.35. The van der Waals surface area contributed by atoms with Gasteiger partial charge in [0.25, 0.3) is 0 Å². The Kier molecular flexibility index (Phi) is 7.54. The zero-order valence-corrected chi connectivity index (χ0v) is 20.2. The predicted octanol–water partition coefficient (Wildman–Crippen LogP) is 2.36. The summed E-state index contributed by atoms with van der Waals surface area (Å²) in [5.74, 6) is 0.549. The van der Waals surface area contributed by atoms with E-state index in [-0.39, 0.29) is 100 Å². The van der Waals surface area contributed by atoms with E-state index in [4.69, 9.17) is 0 Å². The molecule has 2 nitrogen and oxygen atoms in total. The van der Waals surface area contributed by atoms with Crippen LogP contribution in [0.2, 0.25) is 0 Å². The number of benzene rings is 1. The molecule has 5 heteroatoms. The summed E-state index contributed by atoms with van der Waals surface area (Å²) < 4.78 is 0. The molecule has 0 saturated heterocycles. The Hall–Kier alpha value is 1.17. The van der Waals surface area contributed by atoms with Crippen molar-refractivity contribution in [2.24, 2.45) is 11.8 Å². The van der Waals surface area contributed by atoms with Crippen LogP contribution in [0, 0.1) is 61.9 Å². The molecule has 3 unspecified atom stereocenters. The van der Waals surface area contributed by atoms with Crippen LogP contribution >= 0.6 is 0 Å². The van der Waals surface area contributed by atoms with E-state index in [9.17, 15) is 4.79 Å². The number of anilines is 1. The molecule has 2 aliphatic heterocycles. The predicted molar refractivity (Wildman–Crippen MR) is 69.4 cm³/mol. The van der Waals surface area contributed by atoms with Gasteiger partial charge in [-0.3, -0.25) is 0 Å². The van der Waals surface area contributed by atoms with E-state index < -0.39 is 0 Å². The van der Waals surface area contributed by atoms with E-state index in [0.29, 0.717) is 5.92 Å². The molecule has 0 bridgehead atoms. The minimum atomic E-state index is -0.00472. The molecular weight excluding hydrogens is 600 g/mol. The summed E-state index contributed by atoms with van der Waals surface area (Å²) in [7, 11) is 0. The van der Waals surface area contributed by atoms with Crippen molar-refractivity contribution in [3.05, 3.63) is 54.4 Å². The maximum Gasteiger partial charge on any atom is 0.0395 e. The second-order valence-electron chi connectivity index (χ2n) is 5.37. The van der Waals surface area contributed by atoms with E-state index in [1.54, 1.807) is 0 Å². The second-order valence-corrected chi connectivity index (χ2v) is 5.37. The molecule has 104 valence electrons. The van der Waals surface area contributed by atoms with Gasteiger partial charge in [0.2, 0.25) is 0 Å². The number of Topliss-reactive ketones (excluding diaryl/α,β-unsaturated/α-hetero) is 1. The number of rotatable bonds is 0. The van der Waals surface area contributed by atoms with Crippen molar-refractivity contribution in [3.8, 4) is 0 Å². The Balaban J connectivity index is 0.000000735. The van der Waals surface area contributed by atoms with Crippen molar-refractivity contribution in [3.63, 3.8) is 0 Å². The van der Waals surface area contributed by atoms with Crippen LogP contribution < -0.4 is 4.90 Å². The number of carbonyl (C=O) groups excluding carboxylic acids is 1. The molecule has 21 heavy (non-hydrogen) atoms. The summed E-state index contributed by atoms with van der Waals surface area (Å²) in [6.45, 7) is 2.15. The Morgan fingerprint density at radius 2 is 2.00 bits per heavy atom. The molecule has 4 rings (SSSR count). The van der Waals surface area contributed by atoms with Crippen molar-refractivity contribution >= 4 is 11.5 Å². The quantitative estimate of drug-likeness (QED) is 0.419. The largest absolute Gasteiger partial charge is 0.408 e. The zero-order chi connectivity index (χ0) is 12.3. The molecule has 0 aromatic heterocycles. The van der Waals surface area contributed by atoms with Gasteiger partial charge in [-0.2, -0.15) is 5.70 Å². The monoisotopic (exact) mass is 614 g/mol. The van der Waals surface area contributed by atoms with Crippen LogP contribution in [0.5, 0.6) is 0 Å². The van der Waals surface area contributed by atoms with Crippen molar-refractivity contribution in [1.82, 2.24) is 0 Å². The second kappa shape index (κ2) is 7.83. The standard InChI is InChI=1S/C16H14NO.U.V.Y/c1-10-6-13-15(7-10)17-12(9-16(13)18)8-11-4-2-3-5-14(11)17;;;/h2-7,10,13,15H,8H2,1H3;;;/q-3;;;. The Bertz CT molecular complexity index is 577. The number of carbonyl (C=O) groups is 1. The van der Waals surface area contributed by atoms with Crippen molar-refractivity contribution < 1.29 is 87.2 Å². The SMILES string of the molecule is CC1[CH-]C2C(=O)[C-]=C3Cc4ccccc4N3C2[CH-]1.[U].[V].[Y]. The van der Waals surface area contributed by atoms with Gasteiger partial charge in [0.1, 0.15) is 0 Å². The van der Waals surface area contributed by atoms with Crippen molar-refractivity contribution in [2.75, 3.05) is 4.90 Å².